The number of halogens is 4. The van der Waals surface area contributed by atoms with Crippen molar-refractivity contribution in [1.82, 2.24) is 19.9 Å². The third kappa shape index (κ3) is 4.48. The Balaban J connectivity index is 1.32. The topological polar surface area (TPSA) is 89.6 Å². The average Bonchev–Trinajstić information content (AvgIpc) is 3.45. The lowest BCUT2D eigenvalue weighted by Crippen LogP contribution is -2.46. The van der Waals surface area contributed by atoms with Crippen LogP contribution >= 0.6 is 11.6 Å². The molecule has 4 aromatic rings. The maximum absolute atomic E-state index is 17.0. The molecular weight excluding hydrogens is 617 g/mol. The lowest BCUT2D eigenvalue weighted by Gasteiger charge is -2.33. The third-order valence-corrected chi connectivity index (χ3v) is 10.3. The highest BCUT2D eigenvalue weighted by atomic mass is 35.5. The molecule has 1 saturated carbocycles. The zero-order chi connectivity index (χ0) is 33.7. The van der Waals surface area contributed by atoms with Crippen LogP contribution in [0.25, 0.3) is 32.9 Å². The van der Waals surface area contributed by atoms with E-state index in [-0.39, 0.29) is 54.2 Å². The van der Waals surface area contributed by atoms with E-state index in [0.717, 1.165) is 0 Å². The highest BCUT2D eigenvalue weighted by Crippen LogP contribution is 2.46. The van der Waals surface area contributed by atoms with E-state index in [2.05, 4.69) is 20.9 Å². The first kappa shape index (κ1) is 27.3. The fraction of sp³-hybridized carbons (Fsp3) is 0.441. The number of anilines is 2. The molecule has 1 aliphatic carbocycles. The van der Waals surface area contributed by atoms with Crippen molar-refractivity contribution in [3.05, 3.63) is 46.9 Å². The van der Waals surface area contributed by atoms with Crippen LogP contribution in [0.2, 0.25) is 5.02 Å². The molecular formula is C34H32ClF3N6O2. The van der Waals surface area contributed by atoms with Gasteiger partial charge in [0.2, 0.25) is 0 Å². The maximum atomic E-state index is 17.0. The molecule has 8 nitrogen and oxygen atoms in total. The SMILES string of the molecule is [2H]C([2H])(Oc1nc(N2CCOC[C@H]3[C@H](F)[C@H]32)c2cnc(-c3cc(N)cc4ccc(Cl)c(C#C)c34)c(F)c2n1)[C@@]12CCCN1[C@H](C)[C@H](F)C2. The number of terminal acetylenes is 1. The minimum absolute atomic E-state index is 0.0661. The fourth-order valence-electron chi connectivity index (χ4n) is 7.65. The van der Waals surface area contributed by atoms with Crippen molar-refractivity contribution in [2.24, 2.45) is 5.92 Å². The van der Waals surface area contributed by atoms with E-state index in [1.54, 1.807) is 36.1 Å². The van der Waals surface area contributed by atoms with Gasteiger partial charge in [-0.1, -0.05) is 23.6 Å². The molecule has 3 aliphatic heterocycles. The minimum Gasteiger partial charge on any atom is -0.461 e. The molecule has 0 unspecified atom stereocenters. The van der Waals surface area contributed by atoms with Gasteiger partial charge in [-0.05, 0) is 49.9 Å². The molecule has 3 saturated heterocycles. The predicted molar refractivity (Wildman–Crippen MR) is 171 cm³/mol. The van der Waals surface area contributed by atoms with Crippen LogP contribution in [-0.2, 0) is 4.74 Å². The first-order valence-electron chi connectivity index (χ1n) is 16.4. The number of alkyl halides is 2. The highest BCUT2D eigenvalue weighted by Gasteiger charge is 2.57. The average molecular weight is 651 g/mol. The van der Waals surface area contributed by atoms with E-state index in [1.807, 2.05) is 4.90 Å². The molecule has 238 valence electrons. The molecule has 12 heteroatoms. The Bertz CT molecular complexity index is 2030. The van der Waals surface area contributed by atoms with Gasteiger partial charge in [-0.25, -0.2) is 13.2 Å². The minimum atomic E-state index is -2.45. The quantitative estimate of drug-likeness (QED) is 0.217. The molecule has 2 aromatic heterocycles. The van der Waals surface area contributed by atoms with Gasteiger partial charge >= 0.3 is 6.01 Å². The zero-order valence-corrected chi connectivity index (χ0v) is 25.7. The summed E-state index contributed by atoms with van der Waals surface area (Å²) >= 11 is 6.45. The second-order valence-electron chi connectivity index (χ2n) is 12.6. The Labute approximate surface area is 271 Å². The summed E-state index contributed by atoms with van der Waals surface area (Å²) in [5.41, 5.74) is 5.56. The summed E-state index contributed by atoms with van der Waals surface area (Å²) in [7, 11) is 0. The van der Waals surface area contributed by atoms with E-state index in [9.17, 15) is 0 Å². The van der Waals surface area contributed by atoms with Crippen LogP contribution in [0.1, 0.15) is 34.5 Å². The number of hydrogen-bond acceptors (Lipinski definition) is 8. The molecule has 0 radical (unpaired) electrons. The molecule has 0 bridgehead atoms. The first-order valence-corrected chi connectivity index (χ1v) is 15.8. The van der Waals surface area contributed by atoms with E-state index < -0.39 is 54.3 Å². The van der Waals surface area contributed by atoms with Gasteiger partial charge < -0.3 is 20.1 Å². The standard InChI is InChI=1S/C34H32ClF3N6O2/c1-3-20-24(35)6-5-18-11-19(39)12-21(26(18)20)29-28(38)30-22(14-40-29)32(43-9-10-45-15-23-27(37)31(23)43)42-33(41-30)46-16-34-7-4-8-44(34)17(2)25(36)13-34/h1,5-6,11-12,14,17,23,25,27,31H,4,7-10,13,15-16,39H2,2H3/t17-,23+,25-,27+,31+,34+/m1/s1/i16D2. The lowest BCUT2D eigenvalue weighted by atomic mass is 9.94. The Morgan fingerprint density at radius 1 is 1.28 bits per heavy atom. The molecule has 4 fully saturated rings. The Morgan fingerprint density at radius 3 is 2.96 bits per heavy atom. The molecule has 8 rings (SSSR count). The van der Waals surface area contributed by atoms with Gasteiger partial charge in [-0.15, -0.1) is 6.42 Å². The van der Waals surface area contributed by atoms with E-state index in [4.69, 9.17) is 36.0 Å². The molecule has 4 aliphatic rings. The Kier molecular flexibility index (Phi) is 6.44. The Hall–Kier alpha value is -3.85. The number of benzene rings is 2. The molecule has 5 heterocycles. The van der Waals surface area contributed by atoms with E-state index >= 15 is 13.2 Å². The smallest absolute Gasteiger partial charge is 0.319 e. The number of ether oxygens (including phenoxy) is 2. The van der Waals surface area contributed by atoms with Crippen LogP contribution in [0.3, 0.4) is 0 Å². The van der Waals surface area contributed by atoms with Crippen LogP contribution < -0.4 is 15.4 Å². The molecule has 2 aromatic carbocycles. The van der Waals surface area contributed by atoms with Crippen molar-refractivity contribution >= 4 is 44.8 Å². The number of fused-ring (bicyclic) bond motifs is 4. The highest BCUT2D eigenvalue weighted by molar-refractivity contribution is 6.33. The van der Waals surface area contributed by atoms with Crippen LogP contribution in [0.4, 0.5) is 24.7 Å². The fourth-order valence-corrected chi connectivity index (χ4v) is 7.86. The van der Waals surface area contributed by atoms with Crippen molar-refractivity contribution in [2.45, 2.75) is 56.2 Å². The number of pyridine rings is 1. The van der Waals surface area contributed by atoms with Gasteiger partial charge in [-0.2, -0.15) is 9.97 Å². The van der Waals surface area contributed by atoms with Gasteiger partial charge in [0.05, 0.1) is 43.5 Å². The molecule has 6 atom stereocenters. The Morgan fingerprint density at radius 2 is 2.13 bits per heavy atom. The summed E-state index contributed by atoms with van der Waals surface area (Å²) in [5.74, 6) is 1.45. The van der Waals surface area contributed by atoms with Crippen molar-refractivity contribution in [3.8, 4) is 29.6 Å². The van der Waals surface area contributed by atoms with Gasteiger partial charge in [0.15, 0.2) is 5.82 Å². The van der Waals surface area contributed by atoms with Crippen molar-refractivity contribution in [3.63, 3.8) is 0 Å². The molecule has 2 N–H and O–H groups in total. The van der Waals surface area contributed by atoms with Crippen LogP contribution in [0.15, 0.2) is 30.5 Å². The van der Waals surface area contributed by atoms with Gasteiger partial charge in [0, 0.05) is 47.8 Å². The van der Waals surface area contributed by atoms with Gasteiger partial charge in [0.25, 0.3) is 0 Å². The molecule has 0 spiro atoms. The largest absolute Gasteiger partial charge is 0.461 e. The molecule has 46 heavy (non-hydrogen) atoms. The van der Waals surface area contributed by atoms with Crippen LogP contribution in [-0.4, -0.2) is 82.7 Å². The number of hydrogen-bond donors (Lipinski definition) is 1. The second-order valence-corrected chi connectivity index (χ2v) is 13.0. The normalized spacial score (nSPS) is 30.0. The van der Waals surface area contributed by atoms with Crippen LogP contribution in [0, 0.1) is 24.1 Å². The lowest BCUT2D eigenvalue weighted by molar-refractivity contribution is 0.0879. The molecule has 0 amide bonds. The third-order valence-electron chi connectivity index (χ3n) is 10.0. The number of nitrogens with two attached hydrogens (primary N) is 1. The summed E-state index contributed by atoms with van der Waals surface area (Å²) in [6, 6.07) is 5.07. The van der Waals surface area contributed by atoms with Crippen LogP contribution in [0.5, 0.6) is 6.01 Å². The number of rotatable bonds is 5. The summed E-state index contributed by atoms with van der Waals surface area (Å²) < 4.78 is 76.9. The summed E-state index contributed by atoms with van der Waals surface area (Å²) in [5, 5.41) is 1.56. The zero-order valence-electron chi connectivity index (χ0n) is 26.9. The van der Waals surface area contributed by atoms with E-state index in [1.165, 1.54) is 6.20 Å². The second kappa shape index (κ2) is 10.9. The van der Waals surface area contributed by atoms with Crippen molar-refractivity contribution in [2.75, 3.05) is 43.5 Å². The summed E-state index contributed by atoms with van der Waals surface area (Å²) in [6.45, 7) is 0.552. The number of aromatic nitrogens is 3. The number of nitrogens with zero attached hydrogens (tertiary/aromatic N) is 5. The van der Waals surface area contributed by atoms with Crippen molar-refractivity contribution in [1.29, 1.82) is 0 Å². The number of nitrogen functional groups attached to an aromatic ring is 1. The van der Waals surface area contributed by atoms with Gasteiger partial charge in [0.1, 0.15) is 35.9 Å². The summed E-state index contributed by atoms with van der Waals surface area (Å²) in [4.78, 5) is 17.0. The van der Waals surface area contributed by atoms with Gasteiger partial charge in [-0.3, -0.25) is 9.88 Å². The summed E-state index contributed by atoms with van der Waals surface area (Å²) in [6.07, 6.45) is 5.76. The monoisotopic (exact) mass is 650 g/mol. The predicted octanol–water partition coefficient (Wildman–Crippen LogP) is 5.72. The maximum Gasteiger partial charge on any atom is 0.319 e. The van der Waals surface area contributed by atoms with Crippen molar-refractivity contribution < 1.29 is 25.4 Å². The van der Waals surface area contributed by atoms with E-state index in [0.29, 0.717) is 46.4 Å². The first-order chi connectivity index (χ1) is 23.0.